The third-order valence-electron chi connectivity index (χ3n) is 4.17. The smallest absolute Gasteiger partial charge is 0.256 e. The van der Waals surface area contributed by atoms with Gasteiger partial charge in [0.2, 0.25) is 0 Å². The zero-order chi connectivity index (χ0) is 21.3. The maximum atomic E-state index is 12.5. The zero-order valence-electron chi connectivity index (χ0n) is 17.4. The van der Waals surface area contributed by atoms with Crippen LogP contribution in [0.5, 0.6) is 5.75 Å². The summed E-state index contributed by atoms with van der Waals surface area (Å²) in [5.74, 6) is 0.0593. The lowest BCUT2D eigenvalue weighted by atomic mass is 10.1. The Bertz CT molecular complexity index is 1220. The third kappa shape index (κ3) is 3.35. The molecule has 0 bridgehead atoms. The van der Waals surface area contributed by atoms with E-state index < -0.39 is 12.9 Å². The lowest BCUT2D eigenvalue weighted by Gasteiger charge is -2.07. The molecule has 2 aromatic carbocycles. The summed E-state index contributed by atoms with van der Waals surface area (Å²) in [5.41, 5.74) is 2.96. The molecule has 2 heterocycles. The second-order valence-electron chi connectivity index (χ2n) is 5.97. The highest BCUT2D eigenvalue weighted by Crippen LogP contribution is 2.24. The predicted molar refractivity (Wildman–Crippen MR) is 103 cm³/mol. The van der Waals surface area contributed by atoms with Crippen molar-refractivity contribution in [3.8, 4) is 17.0 Å². The van der Waals surface area contributed by atoms with Crippen LogP contribution in [0.2, 0.25) is 0 Å². The molecule has 134 valence electrons. The van der Waals surface area contributed by atoms with E-state index in [2.05, 4.69) is 20.5 Å². The number of fused-ring (bicyclic) bond motifs is 1. The molecular weight excluding hydrogens is 342 g/mol. The number of carbonyl (C=O) groups excluding carboxylic acids is 1. The van der Waals surface area contributed by atoms with Crippen molar-refractivity contribution in [3.05, 3.63) is 66.6 Å². The average molecular weight is 362 g/mol. The van der Waals surface area contributed by atoms with Crippen LogP contribution in [0.15, 0.2) is 61.1 Å². The third-order valence-corrected chi connectivity index (χ3v) is 4.17. The number of nitrogens with zero attached hydrogens (tertiary/aromatic N) is 4. The van der Waals surface area contributed by atoms with Gasteiger partial charge in [0.15, 0.2) is 5.82 Å². The number of anilines is 1. The molecule has 2 aromatic heterocycles. The molecule has 0 saturated heterocycles. The summed E-state index contributed by atoms with van der Waals surface area (Å²) < 4.78 is 28.0. The summed E-state index contributed by atoms with van der Waals surface area (Å²) in [7, 11) is -0.629. The molecule has 27 heavy (non-hydrogen) atoms. The standard InChI is InChI=1S/C20H17N5O2/c1-25-12-21-11-18(25)14-5-8-17-15(9-14)10-19(24-23-17)22-20(26)13-3-6-16(27-2)7-4-13/h3-12H,1-2H3,(H,22,24,26)/i2D3. The van der Waals surface area contributed by atoms with Crippen LogP contribution in [0.4, 0.5) is 5.82 Å². The van der Waals surface area contributed by atoms with E-state index in [0.717, 1.165) is 16.6 Å². The summed E-state index contributed by atoms with van der Waals surface area (Å²) in [6.07, 6.45) is 3.50. The minimum atomic E-state index is -2.54. The SMILES string of the molecule is [2H]C([2H])([2H])Oc1ccc(C(=O)Nc2cc3cc(-c4cncn4C)ccc3nn2)cc1. The molecule has 7 nitrogen and oxygen atoms in total. The van der Waals surface area contributed by atoms with Crippen molar-refractivity contribution in [2.75, 3.05) is 12.4 Å². The highest BCUT2D eigenvalue weighted by atomic mass is 16.5. The van der Waals surface area contributed by atoms with Gasteiger partial charge in [0.25, 0.3) is 5.91 Å². The number of methoxy groups -OCH3 is 1. The quantitative estimate of drug-likeness (QED) is 0.602. The number of aromatic nitrogens is 4. The summed E-state index contributed by atoms with van der Waals surface area (Å²) in [4.78, 5) is 16.6. The van der Waals surface area contributed by atoms with E-state index in [1.54, 1.807) is 18.6 Å². The first-order valence-corrected chi connectivity index (χ1v) is 8.13. The fraction of sp³-hybridized carbons (Fsp3) is 0.100. The van der Waals surface area contributed by atoms with Crippen molar-refractivity contribution in [1.29, 1.82) is 0 Å². The van der Waals surface area contributed by atoms with E-state index in [1.165, 1.54) is 24.3 Å². The minimum Gasteiger partial charge on any atom is -0.497 e. The fourth-order valence-electron chi connectivity index (χ4n) is 2.76. The molecule has 4 rings (SSSR count). The number of imidazole rings is 1. The van der Waals surface area contributed by atoms with Crippen LogP contribution >= 0.6 is 0 Å². The number of hydrogen-bond acceptors (Lipinski definition) is 5. The summed E-state index contributed by atoms with van der Waals surface area (Å²) in [5, 5.41) is 11.7. The van der Waals surface area contributed by atoms with Gasteiger partial charge in [0.1, 0.15) is 5.75 Å². The first kappa shape index (κ1) is 13.5. The molecule has 1 N–H and O–H groups in total. The number of aryl methyl sites for hydroxylation is 1. The topological polar surface area (TPSA) is 81.9 Å². The number of hydrogen-bond donors (Lipinski definition) is 1. The molecule has 0 aliphatic rings. The maximum absolute atomic E-state index is 12.5. The van der Waals surface area contributed by atoms with Gasteiger partial charge in [-0.05, 0) is 42.5 Å². The van der Waals surface area contributed by atoms with Gasteiger partial charge in [-0.25, -0.2) is 4.98 Å². The van der Waals surface area contributed by atoms with Gasteiger partial charge in [0.05, 0.1) is 34.9 Å². The van der Waals surface area contributed by atoms with E-state index in [9.17, 15) is 4.79 Å². The van der Waals surface area contributed by atoms with Crippen molar-refractivity contribution in [2.24, 2.45) is 7.05 Å². The number of amides is 1. The summed E-state index contributed by atoms with van der Waals surface area (Å²) in [6, 6.07) is 13.3. The van der Waals surface area contributed by atoms with Crippen LogP contribution in [-0.2, 0) is 7.05 Å². The van der Waals surface area contributed by atoms with Gasteiger partial charge in [-0.15, -0.1) is 10.2 Å². The Morgan fingerprint density at radius 3 is 2.74 bits per heavy atom. The van der Waals surface area contributed by atoms with Gasteiger partial charge < -0.3 is 14.6 Å². The van der Waals surface area contributed by atoms with Crippen molar-refractivity contribution in [2.45, 2.75) is 0 Å². The lowest BCUT2D eigenvalue weighted by molar-refractivity contribution is 0.102. The minimum absolute atomic E-state index is 0.153. The Morgan fingerprint density at radius 1 is 1.15 bits per heavy atom. The normalized spacial score (nSPS) is 12.9. The Morgan fingerprint density at radius 2 is 2.00 bits per heavy atom. The van der Waals surface area contributed by atoms with Gasteiger partial charge in [-0.2, -0.15) is 0 Å². The molecule has 0 spiro atoms. The van der Waals surface area contributed by atoms with E-state index in [4.69, 9.17) is 8.85 Å². The predicted octanol–water partition coefficient (Wildman–Crippen LogP) is 3.29. The maximum Gasteiger partial charge on any atom is 0.256 e. The van der Waals surface area contributed by atoms with Crippen molar-refractivity contribution >= 4 is 22.6 Å². The van der Waals surface area contributed by atoms with Gasteiger partial charge in [0, 0.05) is 23.6 Å². The Labute approximate surface area is 159 Å². The molecule has 0 atom stereocenters. The van der Waals surface area contributed by atoms with Crippen LogP contribution in [0.3, 0.4) is 0 Å². The Kier molecular flexibility index (Phi) is 3.43. The number of benzene rings is 2. The molecule has 1 amide bonds. The monoisotopic (exact) mass is 362 g/mol. The van der Waals surface area contributed by atoms with Gasteiger partial charge in [-0.1, -0.05) is 6.07 Å². The molecule has 0 aliphatic carbocycles. The molecule has 0 saturated carbocycles. The Hall–Kier alpha value is -3.74. The van der Waals surface area contributed by atoms with Crippen LogP contribution in [-0.4, -0.2) is 32.7 Å². The number of carbonyl (C=O) groups is 1. The molecule has 0 aliphatic heterocycles. The van der Waals surface area contributed by atoms with Crippen molar-refractivity contribution in [1.82, 2.24) is 19.7 Å². The average Bonchev–Trinajstić information content (AvgIpc) is 3.12. The number of nitrogens with one attached hydrogen (secondary N) is 1. The first-order valence-electron chi connectivity index (χ1n) is 9.63. The molecule has 0 radical (unpaired) electrons. The molecular formula is C20H17N5O2. The number of ether oxygens (including phenoxy) is 1. The molecule has 0 fully saturated rings. The highest BCUT2D eigenvalue weighted by molar-refractivity contribution is 6.04. The van der Waals surface area contributed by atoms with Gasteiger partial charge in [-0.3, -0.25) is 4.79 Å². The highest BCUT2D eigenvalue weighted by Gasteiger charge is 2.10. The summed E-state index contributed by atoms with van der Waals surface area (Å²) >= 11 is 0. The second kappa shape index (κ2) is 6.87. The second-order valence-corrected chi connectivity index (χ2v) is 5.97. The molecule has 0 unspecified atom stereocenters. The van der Waals surface area contributed by atoms with E-state index in [0.29, 0.717) is 16.9 Å². The van der Waals surface area contributed by atoms with Crippen LogP contribution in [0.1, 0.15) is 14.5 Å². The van der Waals surface area contributed by atoms with E-state index in [1.807, 2.05) is 29.8 Å². The van der Waals surface area contributed by atoms with Crippen molar-refractivity contribution in [3.63, 3.8) is 0 Å². The molecule has 7 heteroatoms. The number of rotatable bonds is 4. The van der Waals surface area contributed by atoms with E-state index in [-0.39, 0.29) is 5.75 Å². The van der Waals surface area contributed by atoms with Gasteiger partial charge >= 0.3 is 0 Å². The zero-order valence-corrected chi connectivity index (χ0v) is 14.4. The van der Waals surface area contributed by atoms with Crippen LogP contribution in [0.25, 0.3) is 22.2 Å². The first-order chi connectivity index (χ1) is 14.3. The Balaban J connectivity index is 1.54. The largest absolute Gasteiger partial charge is 0.497 e. The van der Waals surface area contributed by atoms with Crippen LogP contribution < -0.4 is 10.1 Å². The van der Waals surface area contributed by atoms with E-state index >= 15 is 0 Å². The summed E-state index contributed by atoms with van der Waals surface area (Å²) in [6.45, 7) is 0. The lowest BCUT2D eigenvalue weighted by Crippen LogP contribution is -2.13. The fourth-order valence-corrected chi connectivity index (χ4v) is 2.76. The molecule has 4 aromatic rings. The van der Waals surface area contributed by atoms with Crippen molar-refractivity contribution < 1.29 is 13.6 Å². The van der Waals surface area contributed by atoms with Crippen LogP contribution in [0, 0.1) is 0 Å².